The summed E-state index contributed by atoms with van der Waals surface area (Å²) in [5.41, 5.74) is 0.366. The topological polar surface area (TPSA) is 84.7 Å². The fourth-order valence-corrected chi connectivity index (χ4v) is 6.31. The quantitative estimate of drug-likeness (QED) is 0.778. The van der Waals surface area contributed by atoms with E-state index in [1.807, 2.05) is 11.7 Å². The average Bonchev–Trinajstić information content (AvgIpc) is 3.12. The highest BCUT2D eigenvalue weighted by Gasteiger charge is 2.59. The molecule has 0 unspecified atom stereocenters. The number of tetrazole rings is 1. The van der Waals surface area contributed by atoms with E-state index in [-0.39, 0.29) is 35.9 Å². The molecule has 0 spiro atoms. The molecule has 7 nitrogen and oxygen atoms in total. The van der Waals surface area contributed by atoms with Gasteiger partial charge < -0.3 is 10.6 Å². The monoisotopic (exact) mass is 398 g/mol. The lowest BCUT2D eigenvalue weighted by atomic mass is 9.50. The lowest BCUT2D eigenvalue weighted by Gasteiger charge is -2.61. The van der Waals surface area contributed by atoms with E-state index in [1.54, 1.807) is 18.2 Å². The first-order valence-electron chi connectivity index (χ1n) is 10.5. The Morgan fingerprint density at radius 2 is 2.00 bits per heavy atom. The van der Waals surface area contributed by atoms with Crippen molar-refractivity contribution < 1.29 is 9.18 Å². The SMILES string of the molecule is Cc1nnn(C23C[C@@H]4C[C@H](CC(NCC(=O)NCc5ccccc5F)(C4)C2)C3)n1. The van der Waals surface area contributed by atoms with Crippen molar-refractivity contribution >= 4 is 5.91 Å². The van der Waals surface area contributed by atoms with Gasteiger partial charge in [0.2, 0.25) is 5.91 Å². The van der Waals surface area contributed by atoms with E-state index in [9.17, 15) is 9.18 Å². The Hall–Kier alpha value is -2.35. The molecule has 154 valence electrons. The molecular formula is C21H27FN6O. The molecule has 2 N–H and O–H groups in total. The summed E-state index contributed by atoms with van der Waals surface area (Å²) < 4.78 is 13.7. The Balaban J connectivity index is 1.25. The molecule has 1 amide bonds. The zero-order chi connectivity index (χ0) is 20.1. The minimum absolute atomic E-state index is 0.0546. The van der Waals surface area contributed by atoms with E-state index >= 15 is 0 Å². The Kier molecular flexibility index (Phi) is 4.42. The number of benzene rings is 1. The molecule has 0 saturated heterocycles. The summed E-state index contributed by atoms with van der Waals surface area (Å²) in [4.78, 5) is 14.3. The average molecular weight is 398 g/mol. The summed E-state index contributed by atoms with van der Waals surface area (Å²) in [5.74, 6) is 1.58. The van der Waals surface area contributed by atoms with Gasteiger partial charge in [0.05, 0.1) is 12.1 Å². The highest BCUT2D eigenvalue weighted by molar-refractivity contribution is 5.78. The van der Waals surface area contributed by atoms with E-state index in [0.717, 1.165) is 32.1 Å². The molecule has 1 aromatic carbocycles. The first-order valence-corrected chi connectivity index (χ1v) is 10.5. The molecular weight excluding hydrogens is 371 g/mol. The molecule has 1 heterocycles. The fraction of sp³-hybridized carbons (Fsp3) is 0.619. The van der Waals surface area contributed by atoms with Crippen LogP contribution in [0.3, 0.4) is 0 Å². The third-order valence-electron chi connectivity index (χ3n) is 7.03. The van der Waals surface area contributed by atoms with Crippen LogP contribution in [0, 0.1) is 24.6 Å². The van der Waals surface area contributed by atoms with Crippen LogP contribution in [-0.4, -0.2) is 38.2 Å². The lowest BCUT2D eigenvalue weighted by Crippen LogP contribution is -2.66. The smallest absolute Gasteiger partial charge is 0.234 e. The predicted molar refractivity (Wildman–Crippen MR) is 104 cm³/mol. The van der Waals surface area contributed by atoms with Crippen LogP contribution in [0.2, 0.25) is 0 Å². The van der Waals surface area contributed by atoms with Gasteiger partial charge in [0.25, 0.3) is 0 Å². The molecule has 8 heteroatoms. The molecule has 2 atom stereocenters. The fourth-order valence-electron chi connectivity index (χ4n) is 6.31. The standard InChI is InChI=1S/C21H27FN6O/c1-14-25-27-28(26-14)21-9-15-6-16(10-21)8-20(7-15,13-21)24-12-19(29)23-11-17-4-2-3-5-18(17)22/h2-5,15-16,24H,6-13H2,1H3,(H,23,29)/t15-,16-,20?,21?/m1/s1. The minimum Gasteiger partial charge on any atom is -0.351 e. The van der Waals surface area contributed by atoms with Gasteiger partial charge in [-0.25, -0.2) is 4.39 Å². The largest absolute Gasteiger partial charge is 0.351 e. The van der Waals surface area contributed by atoms with Gasteiger partial charge in [-0.2, -0.15) is 4.80 Å². The molecule has 6 rings (SSSR count). The number of carbonyl (C=O) groups is 1. The van der Waals surface area contributed by atoms with E-state index < -0.39 is 0 Å². The van der Waals surface area contributed by atoms with Crippen LogP contribution in [0.4, 0.5) is 4.39 Å². The third-order valence-corrected chi connectivity index (χ3v) is 7.03. The van der Waals surface area contributed by atoms with Crippen LogP contribution in [0.25, 0.3) is 0 Å². The molecule has 0 aliphatic heterocycles. The zero-order valence-corrected chi connectivity index (χ0v) is 16.7. The molecule has 4 fully saturated rings. The van der Waals surface area contributed by atoms with Gasteiger partial charge in [0.15, 0.2) is 5.82 Å². The van der Waals surface area contributed by atoms with Crippen molar-refractivity contribution in [2.45, 2.75) is 63.1 Å². The number of aromatic nitrogens is 4. The summed E-state index contributed by atoms with van der Waals surface area (Å²) in [5, 5.41) is 19.4. The number of nitrogens with one attached hydrogen (secondary N) is 2. The van der Waals surface area contributed by atoms with Crippen molar-refractivity contribution in [3.05, 3.63) is 41.5 Å². The predicted octanol–water partition coefficient (Wildman–Crippen LogP) is 2.07. The van der Waals surface area contributed by atoms with Crippen LogP contribution in [0.15, 0.2) is 24.3 Å². The molecule has 29 heavy (non-hydrogen) atoms. The van der Waals surface area contributed by atoms with Gasteiger partial charge in [-0.3, -0.25) is 4.79 Å². The number of aryl methyl sites for hydroxylation is 1. The number of nitrogens with zero attached hydrogens (tertiary/aromatic N) is 4. The van der Waals surface area contributed by atoms with E-state index in [4.69, 9.17) is 0 Å². The second-order valence-electron chi connectivity index (χ2n) is 9.31. The van der Waals surface area contributed by atoms with Crippen LogP contribution >= 0.6 is 0 Å². The van der Waals surface area contributed by atoms with Crippen molar-refractivity contribution in [1.29, 1.82) is 0 Å². The van der Waals surface area contributed by atoms with Crippen LogP contribution in [-0.2, 0) is 16.9 Å². The third kappa shape index (κ3) is 3.43. The number of carbonyl (C=O) groups excluding carboxylic acids is 1. The van der Waals surface area contributed by atoms with Gasteiger partial charge >= 0.3 is 0 Å². The number of rotatable bonds is 6. The molecule has 4 aliphatic carbocycles. The van der Waals surface area contributed by atoms with Crippen molar-refractivity contribution in [3.8, 4) is 0 Å². The van der Waals surface area contributed by atoms with E-state index in [0.29, 0.717) is 23.2 Å². The lowest BCUT2D eigenvalue weighted by molar-refractivity contribution is -0.123. The Morgan fingerprint density at radius 1 is 1.24 bits per heavy atom. The summed E-state index contributed by atoms with van der Waals surface area (Å²) >= 11 is 0. The second kappa shape index (κ2) is 6.86. The molecule has 2 aromatic rings. The highest BCUT2D eigenvalue weighted by atomic mass is 19.1. The highest BCUT2D eigenvalue weighted by Crippen LogP contribution is 2.60. The maximum absolute atomic E-state index is 13.7. The summed E-state index contributed by atoms with van der Waals surface area (Å²) in [6.45, 7) is 2.32. The maximum atomic E-state index is 13.7. The molecule has 0 radical (unpaired) electrons. The normalized spacial score (nSPS) is 32.5. The summed E-state index contributed by atoms with van der Waals surface area (Å²) in [6.07, 6.45) is 6.59. The van der Waals surface area contributed by atoms with Crippen molar-refractivity contribution in [3.63, 3.8) is 0 Å². The maximum Gasteiger partial charge on any atom is 0.234 e. The van der Waals surface area contributed by atoms with Gasteiger partial charge in [0.1, 0.15) is 5.82 Å². The van der Waals surface area contributed by atoms with Crippen LogP contribution < -0.4 is 10.6 Å². The van der Waals surface area contributed by atoms with Crippen LogP contribution in [0.1, 0.15) is 49.9 Å². The minimum atomic E-state index is -0.292. The first kappa shape index (κ1) is 18.7. The number of amides is 1. The first-order chi connectivity index (χ1) is 14.0. The molecule has 4 saturated carbocycles. The second-order valence-corrected chi connectivity index (χ2v) is 9.31. The Bertz CT molecular complexity index is 913. The van der Waals surface area contributed by atoms with E-state index in [2.05, 4.69) is 26.0 Å². The summed E-state index contributed by atoms with van der Waals surface area (Å²) in [7, 11) is 0. The van der Waals surface area contributed by atoms with Gasteiger partial charge in [-0.15, -0.1) is 10.2 Å². The molecule has 4 bridgehead atoms. The van der Waals surface area contributed by atoms with E-state index in [1.165, 1.54) is 12.5 Å². The van der Waals surface area contributed by atoms with Crippen molar-refractivity contribution in [2.75, 3.05) is 6.54 Å². The van der Waals surface area contributed by atoms with Crippen molar-refractivity contribution in [1.82, 2.24) is 30.8 Å². The van der Waals surface area contributed by atoms with Crippen molar-refractivity contribution in [2.24, 2.45) is 11.8 Å². The van der Waals surface area contributed by atoms with Gasteiger partial charge in [-0.05, 0) is 68.6 Å². The number of halogens is 1. The molecule has 4 aliphatic rings. The zero-order valence-electron chi connectivity index (χ0n) is 16.7. The molecule has 1 aromatic heterocycles. The number of hydrogen-bond donors (Lipinski definition) is 2. The van der Waals surface area contributed by atoms with Crippen LogP contribution in [0.5, 0.6) is 0 Å². The van der Waals surface area contributed by atoms with Gasteiger partial charge in [0, 0.05) is 17.6 Å². The summed E-state index contributed by atoms with van der Waals surface area (Å²) in [6, 6.07) is 6.53. The van der Waals surface area contributed by atoms with Gasteiger partial charge in [-0.1, -0.05) is 18.2 Å². The Morgan fingerprint density at radius 3 is 2.69 bits per heavy atom. The Labute approximate surface area is 169 Å². The number of hydrogen-bond acceptors (Lipinski definition) is 5.